The van der Waals surface area contributed by atoms with Crippen LogP contribution in [0.1, 0.15) is 31.2 Å². The van der Waals surface area contributed by atoms with E-state index in [4.69, 9.17) is 9.47 Å². The number of amides is 1. The fraction of sp³-hybridized carbons (Fsp3) is 0.714. The average Bonchev–Trinajstić information content (AvgIpc) is 3.10. The third-order valence-corrected chi connectivity index (χ3v) is 6.38. The lowest BCUT2D eigenvalue weighted by atomic mass is 9.76. The highest BCUT2D eigenvalue weighted by atomic mass is 16.5. The molecule has 0 bridgehead atoms. The molecule has 1 aromatic rings. The Morgan fingerprint density at radius 3 is 2.78 bits per heavy atom. The lowest BCUT2D eigenvalue weighted by Crippen LogP contribution is -2.44. The molecule has 4 heterocycles. The van der Waals surface area contributed by atoms with Gasteiger partial charge >= 0.3 is 0 Å². The largest absolute Gasteiger partial charge is 0.379 e. The van der Waals surface area contributed by atoms with Crippen molar-refractivity contribution in [3.63, 3.8) is 0 Å². The van der Waals surface area contributed by atoms with Gasteiger partial charge in [-0.2, -0.15) is 0 Å². The molecule has 4 rings (SSSR count). The van der Waals surface area contributed by atoms with Gasteiger partial charge in [0.05, 0.1) is 25.9 Å². The second-order valence-corrected chi connectivity index (χ2v) is 8.29. The van der Waals surface area contributed by atoms with Crippen molar-refractivity contribution >= 4 is 5.91 Å². The maximum Gasteiger partial charge on any atom is 0.222 e. The van der Waals surface area contributed by atoms with Gasteiger partial charge in [-0.1, -0.05) is 6.07 Å². The Morgan fingerprint density at radius 1 is 1.22 bits per heavy atom. The Labute approximate surface area is 161 Å². The van der Waals surface area contributed by atoms with Gasteiger partial charge in [0.25, 0.3) is 0 Å². The molecule has 1 spiro atoms. The van der Waals surface area contributed by atoms with Crippen LogP contribution in [-0.4, -0.2) is 79.3 Å². The summed E-state index contributed by atoms with van der Waals surface area (Å²) in [5, 5.41) is 0. The van der Waals surface area contributed by atoms with Crippen molar-refractivity contribution in [1.29, 1.82) is 0 Å². The maximum absolute atomic E-state index is 12.6. The van der Waals surface area contributed by atoms with Crippen molar-refractivity contribution in [2.45, 2.75) is 38.2 Å². The summed E-state index contributed by atoms with van der Waals surface area (Å²) >= 11 is 0. The Morgan fingerprint density at radius 2 is 2.04 bits per heavy atom. The van der Waals surface area contributed by atoms with Gasteiger partial charge in [0.15, 0.2) is 0 Å². The molecule has 1 atom stereocenters. The summed E-state index contributed by atoms with van der Waals surface area (Å²) in [5.41, 5.74) is 1.42. The molecule has 0 radical (unpaired) electrons. The first-order chi connectivity index (χ1) is 13.2. The molecule has 6 nitrogen and oxygen atoms in total. The lowest BCUT2D eigenvalue weighted by Gasteiger charge is -2.38. The van der Waals surface area contributed by atoms with E-state index < -0.39 is 0 Å². The minimum atomic E-state index is 0.275. The van der Waals surface area contributed by atoms with E-state index in [0.29, 0.717) is 12.5 Å². The number of carbonyl (C=O) groups is 1. The van der Waals surface area contributed by atoms with Crippen molar-refractivity contribution in [2.24, 2.45) is 5.41 Å². The van der Waals surface area contributed by atoms with Gasteiger partial charge < -0.3 is 14.4 Å². The number of rotatable bonds is 5. The predicted molar refractivity (Wildman–Crippen MR) is 102 cm³/mol. The van der Waals surface area contributed by atoms with Gasteiger partial charge in [-0.3, -0.25) is 14.7 Å². The highest BCUT2D eigenvalue weighted by Gasteiger charge is 2.43. The Kier molecular flexibility index (Phi) is 6.05. The summed E-state index contributed by atoms with van der Waals surface area (Å²) in [6, 6.07) is 3.97. The van der Waals surface area contributed by atoms with E-state index in [9.17, 15) is 4.79 Å². The fourth-order valence-corrected chi connectivity index (χ4v) is 4.62. The van der Waals surface area contributed by atoms with Crippen LogP contribution in [0.15, 0.2) is 24.5 Å². The van der Waals surface area contributed by atoms with Gasteiger partial charge in [-0.05, 0) is 42.7 Å². The standard InChI is InChI=1S/C21H31N3O3/c25-20(4-3-18-2-1-7-22-15-18)24-8-5-21(6-9-24)14-19(27-17-21)16-23-10-12-26-13-11-23/h1-2,7,15,19H,3-6,8-14,16-17H2. The second kappa shape index (κ2) is 8.67. The first-order valence-corrected chi connectivity index (χ1v) is 10.3. The zero-order valence-corrected chi connectivity index (χ0v) is 16.1. The van der Waals surface area contributed by atoms with Gasteiger partial charge in [0.1, 0.15) is 0 Å². The fourth-order valence-electron chi connectivity index (χ4n) is 4.62. The number of likely N-dealkylation sites (tertiary alicyclic amines) is 1. The molecule has 27 heavy (non-hydrogen) atoms. The van der Waals surface area contributed by atoms with Crippen molar-refractivity contribution in [1.82, 2.24) is 14.8 Å². The Balaban J connectivity index is 1.21. The molecule has 3 fully saturated rings. The van der Waals surface area contributed by atoms with Crippen molar-refractivity contribution in [3.8, 4) is 0 Å². The summed E-state index contributed by atoms with van der Waals surface area (Å²) in [7, 11) is 0. The van der Waals surface area contributed by atoms with Gasteiger partial charge in [-0.15, -0.1) is 0 Å². The summed E-state index contributed by atoms with van der Waals surface area (Å²) in [5.74, 6) is 0.275. The topological polar surface area (TPSA) is 54.9 Å². The van der Waals surface area contributed by atoms with Crippen molar-refractivity contribution in [2.75, 3.05) is 52.5 Å². The number of pyridine rings is 1. The first kappa shape index (κ1) is 18.8. The number of piperidine rings is 1. The number of nitrogens with zero attached hydrogens (tertiary/aromatic N) is 3. The first-order valence-electron chi connectivity index (χ1n) is 10.3. The van der Waals surface area contributed by atoms with Crippen LogP contribution in [0.5, 0.6) is 0 Å². The number of carbonyl (C=O) groups excluding carboxylic acids is 1. The molecule has 0 N–H and O–H groups in total. The van der Waals surface area contributed by atoms with E-state index in [1.807, 2.05) is 18.3 Å². The van der Waals surface area contributed by atoms with Gasteiger partial charge in [0, 0.05) is 51.5 Å². The molecule has 6 heteroatoms. The van der Waals surface area contributed by atoms with E-state index in [1.54, 1.807) is 6.20 Å². The minimum absolute atomic E-state index is 0.275. The number of aryl methyl sites for hydroxylation is 1. The number of hydrogen-bond donors (Lipinski definition) is 0. The summed E-state index contributed by atoms with van der Waals surface area (Å²) in [6.45, 7) is 7.36. The van der Waals surface area contributed by atoms with E-state index in [1.165, 1.54) is 0 Å². The molecule has 3 saturated heterocycles. The normalized spacial score (nSPS) is 25.8. The number of morpholine rings is 1. The summed E-state index contributed by atoms with van der Waals surface area (Å²) < 4.78 is 11.6. The van der Waals surface area contributed by atoms with Gasteiger partial charge in [-0.25, -0.2) is 0 Å². The second-order valence-electron chi connectivity index (χ2n) is 8.29. The molecule has 3 aliphatic rings. The summed E-state index contributed by atoms with van der Waals surface area (Å²) in [4.78, 5) is 21.2. The van der Waals surface area contributed by atoms with E-state index in [0.717, 1.165) is 83.8 Å². The van der Waals surface area contributed by atoms with Crippen LogP contribution in [0.4, 0.5) is 0 Å². The van der Waals surface area contributed by atoms with Crippen LogP contribution >= 0.6 is 0 Å². The Hall–Kier alpha value is -1.50. The van der Waals surface area contributed by atoms with Crippen LogP contribution in [0.2, 0.25) is 0 Å². The number of hydrogen-bond acceptors (Lipinski definition) is 5. The lowest BCUT2D eigenvalue weighted by molar-refractivity contribution is -0.133. The van der Waals surface area contributed by atoms with Crippen molar-refractivity contribution < 1.29 is 14.3 Å². The average molecular weight is 373 g/mol. The highest BCUT2D eigenvalue weighted by molar-refractivity contribution is 5.76. The number of aromatic nitrogens is 1. The van der Waals surface area contributed by atoms with E-state index >= 15 is 0 Å². The third kappa shape index (κ3) is 4.86. The molecule has 3 aliphatic heterocycles. The summed E-state index contributed by atoms with van der Waals surface area (Å²) in [6.07, 6.45) is 8.61. The monoisotopic (exact) mass is 373 g/mol. The zero-order valence-electron chi connectivity index (χ0n) is 16.1. The SMILES string of the molecule is O=C(CCc1cccnc1)N1CCC2(CC1)COC(CN1CCOCC1)C2. The van der Waals surface area contributed by atoms with E-state index in [-0.39, 0.29) is 11.3 Å². The maximum atomic E-state index is 12.6. The van der Waals surface area contributed by atoms with Crippen LogP contribution in [0.3, 0.4) is 0 Å². The minimum Gasteiger partial charge on any atom is -0.379 e. The Bertz CT molecular complexity index is 610. The molecule has 1 aromatic heterocycles. The molecule has 1 amide bonds. The molecular weight excluding hydrogens is 342 g/mol. The highest BCUT2D eigenvalue weighted by Crippen LogP contribution is 2.42. The molecular formula is C21H31N3O3. The molecule has 148 valence electrons. The molecule has 0 saturated carbocycles. The van der Waals surface area contributed by atoms with Crippen LogP contribution in [0, 0.1) is 5.41 Å². The molecule has 1 unspecified atom stereocenters. The zero-order chi connectivity index (χ0) is 18.5. The molecule has 0 aromatic carbocycles. The molecule has 0 aliphatic carbocycles. The predicted octanol–water partition coefficient (Wildman–Crippen LogP) is 1.74. The van der Waals surface area contributed by atoms with E-state index in [2.05, 4.69) is 14.8 Å². The van der Waals surface area contributed by atoms with Crippen LogP contribution in [-0.2, 0) is 20.7 Å². The number of ether oxygens (including phenoxy) is 2. The smallest absolute Gasteiger partial charge is 0.222 e. The third-order valence-electron chi connectivity index (χ3n) is 6.38. The van der Waals surface area contributed by atoms with Crippen LogP contribution in [0.25, 0.3) is 0 Å². The van der Waals surface area contributed by atoms with Crippen LogP contribution < -0.4 is 0 Å². The van der Waals surface area contributed by atoms with Crippen molar-refractivity contribution in [3.05, 3.63) is 30.1 Å². The van der Waals surface area contributed by atoms with Gasteiger partial charge in [0.2, 0.25) is 5.91 Å². The quantitative estimate of drug-likeness (QED) is 0.787.